The van der Waals surface area contributed by atoms with Crippen molar-refractivity contribution in [3.8, 4) is 0 Å². The van der Waals surface area contributed by atoms with Crippen molar-refractivity contribution in [3.05, 3.63) is 23.8 Å². The van der Waals surface area contributed by atoms with Gasteiger partial charge < -0.3 is 4.74 Å². The highest BCUT2D eigenvalue weighted by Crippen LogP contribution is 2.67. The number of carbonyl (C=O) groups is 1. The van der Waals surface area contributed by atoms with Crippen LogP contribution in [-0.4, -0.2) is 12.1 Å². The van der Waals surface area contributed by atoms with Crippen molar-refractivity contribution in [1.29, 1.82) is 0 Å². The zero-order chi connectivity index (χ0) is 32.5. The SMILES string of the molecule is CCCCCCCCCCCCCCC(=O)O[C@H]1CC[C@@]2(C)C(CC=C3C2CC[C@@]2(C)C3CC[C@@H]2[C@H](C)C=C[C@H](C)C(C)C)C1. The molecule has 4 aliphatic rings. The van der Waals surface area contributed by atoms with E-state index in [1.54, 1.807) is 0 Å². The molecule has 0 aromatic heterocycles. The number of carbonyl (C=O) groups excluding carboxylic acids is 1. The first-order valence-electron chi connectivity index (χ1n) is 20.2. The van der Waals surface area contributed by atoms with Gasteiger partial charge in [-0.25, -0.2) is 0 Å². The topological polar surface area (TPSA) is 26.3 Å². The molecular weight excluding hydrogens is 548 g/mol. The second kappa shape index (κ2) is 17.4. The van der Waals surface area contributed by atoms with E-state index < -0.39 is 0 Å². The summed E-state index contributed by atoms with van der Waals surface area (Å²) in [5, 5.41) is 0. The Morgan fingerprint density at radius 2 is 1.40 bits per heavy atom. The van der Waals surface area contributed by atoms with Crippen LogP contribution >= 0.6 is 0 Å². The molecule has 258 valence electrons. The first-order valence-corrected chi connectivity index (χ1v) is 20.2. The van der Waals surface area contributed by atoms with E-state index in [1.807, 2.05) is 5.57 Å². The zero-order valence-corrected chi connectivity index (χ0v) is 31.0. The molecule has 0 aliphatic heterocycles. The van der Waals surface area contributed by atoms with Crippen molar-refractivity contribution >= 4 is 5.97 Å². The second-order valence-corrected chi connectivity index (χ2v) is 17.3. The molecule has 3 saturated carbocycles. The van der Waals surface area contributed by atoms with E-state index in [-0.39, 0.29) is 12.1 Å². The summed E-state index contributed by atoms with van der Waals surface area (Å²) < 4.78 is 6.14. The van der Waals surface area contributed by atoms with Crippen LogP contribution in [0, 0.1) is 52.3 Å². The Hall–Kier alpha value is -1.05. The number of rotatable bonds is 18. The third kappa shape index (κ3) is 9.31. The molecule has 45 heavy (non-hydrogen) atoms. The fourth-order valence-electron chi connectivity index (χ4n) is 10.5. The van der Waals surface area contributed by atoms with E-state index in [0.29, 0.717) is 35.0 Å². The molecule has 9 atom stereocenters. The maximum absolute atomic E-state index is 12.8. The predicted molar refractivity (Wildman–Crippen MR) is 193 cm³/mol. The largest absolute Gasteiger partial charge is 0.462 e. The molecule has 4 rings (SSSR count). The lowest BCUT2D eigenvalue weighted by Crippen LogP contribution is -2.50. The minimum absolute atomic E-state index is 0.0686. The molecule has 3 unspecified atom stereocenters. The van der Waals surface area contributed by atoms with Crippen molar-refractivity contribution in [2.75, 3.05) is 0 Å². The van der Waals surface area contributed by atoms with E-state index in [4.69, 9.17) is 4.74 Å². The molecular formula is C43H74O2. The van der Waals surface area contributed by atoms with Gasteiger partial charge in [0.15, 0.2) is 0 Å². The number of unbranched alkanes of at least 4 members (excludes halogenated alkanes) is 11. The maximum Gasteiger partial charge on any atom is 0.306 e. The molecule has 0 aromatic rings. The predicted octanol–water partition coefficient (Wildman–Crippen LogP) is 13.1. The highest BCUT2D eigenvalue weighted by atomic mass is 16.5. The third-order valence-electron chi connectivity index (χ3n) is 14.0. The van der Waals surface area contributed by atoms with E-state index in [0.717, 1.165) is 42.9 Å². The Morgan fingerprint density at radius 1 is 0.800 bits per heavy atom. The maximum atomic E-state index is 12.8. The van der Waals surface area contributed by atoms with Crippen LogP contribution < -0.4 is 0 Å². The van der Waals surface area contributed by atoms with Crippen molar-refractivity contribution in [1.82, 2.24) is 0 Å². The van der Waals surface area contributed by atoms with Crippen LogP contribution in [0.4, 0.5) is 0 Å². The lowest BCUT2D eigenvalue weighted by atomic mass is 9.47. The number of hydrogen-bond acceptors (Lipinski definition) is 2. The Labute approximate surface area is 280 Å². The van der Waals surface area contributed by atoms with E-state index in [2.05, 4.69) is 66.7 Å². The van der Waals surface area contributed by atoms with Gasteiger partial charge in [-0.3, -0.25) is 4.79 Å². The van der Waals surface area contributed by atoms with Crippen molar-refractivity contribution in [2.45, 2.75) is 189 Å². The normalized spacial score (nSPS) is 34.2. The van der Waals surface area contributed by atoms with Crippen molar-refractivity contribution in [2.24, 2.45) is 52.3 Å². The summed E-state index contributed by atoms with van der Waals surface area (Å²) in [6.45, 7) is 17.1. The van der Waals surface area contributed by atoms with Crippen LogP contribution in [0.25, 0.3) is 0 Å². The minimum atomic E-state index is 0.0686. The standard InChI is InChI=1S/C43H74O2/c1-8-9-10-11-12-13-14-15-16-17-18-19-20-41(44)45-36-27-29-42(6)35(31-36)23-24-37-39-26-25-38(43(39,7)30-28-40(37)42)34(5)22-21-33(4)32(2)3/h21-22,24,32-36,38-40H,8-20,23,25-31H2,1-7H3/t33-,34+,35?,36-,38+,39?,40?,42-,43+/m0/s1. The molecule has 2 nitrogen and oxygen atoms in total. The van der Waals surface area contributed by atoms with Crippen LogP contribution in [0.15, 0.2) is 23.8 Å². The molecule has 3 fully saturated rings. The highest BCUT2D eigenvalue weighted by molar-refractivity contribution is 5.69. The summed E-state index contributed by atoms with van der Waals surface area (Å²) >= 11 is 0. The number of esters is 1. The molecule has 0 radical (unpaired) electrons. The lowest BCUT2D eigenvalue weighted by Gasteiger charge is -2.58. The summed E-state index contributed by atoms with van der Waals surface area (Å²) in [5.41, 5.74) is 2.69. The third-order valence-corrected chi connectivity index (χ3v) is 14.0. The van der Waals surface area contributed by atoms with E-state index in [9.17, 15) is 4.79 Å². The van der Waals surface area contributed by atoms with Crippen molar-refractivity contribution < 1.29 is 9.53 Å². The Bertz CT molecular complexity index is 961. The van der Waals surface area contributed by atoms with Gasteiger partial charge in [-0.2, -0.15) is 0 Å². The van der Waals surface area contributed by atoms with Gasteiger partial charge in [0.05, 0.1) is 0 Å². The van der Waals surface area contributed by atoms with Crippen LogP contribution in [0.1, 0.15) is 183 Å². The molecule has 0 bridgehead atoms. The van der Waals surface area contributed by atoms with Gasteiger partial charge in [-0.1, -0.05) is 143 Å². The Morgan fingerprint density at radius 3 is 2.04 bits per heavy atom. The van der Waals surface area contributed by atoms with Gasteiger partial charge >= 0.3 is 5.97 Å². The van der Waals surface area contributed by atoms with E-state index >= 15 is 0 Å². The molecule has 0 amide bonds. The summed E-state index contributed by atoms with van der Waals surface area (Å²) in [4.78, 5) is 12.8. The molecule has 0 spiro atoms. The summed E-state index contributed by atoms with van der Waals surface area (Å²) in [7, 11) is 0. The van der Waals surface area contributed by atoms with Crippen LogP contribution in [0.5, 0.6) is 0 Å². The van der Waals surface area contributed by atoms with Gasteiger partial charge in [0.1, 0.15) is 6.10 Å². The first-order chi connectivity index (χ1) is 21.6. The fourth-order valence-corrected chi connectivity index (χ4v) is 10.5. The van der Waals surface area contributed by atoms with Crippen molar-refractivity contribution in [3.63, 3.8) is 0 Å². The van der Waals surface area contributed by atoms with Crippen LogP contribution in [0.3, 0.4) is 0 Å². The molecule has 0 N–H and O–H groups in total. The number of fused-ring (bicyclic) bond motifs is 5. The summed E-state index contributed by atoms with van der Waals surface area (Å²) in [6.07, 6.45) is 34.6. The van der Waals surface area contributed by atoms with Crippen LogP contribution in [0.2, 0.25) is 0 Å². The average molecular weight is 623 g/mol. The first kappa shape index (κ1) is 36.8. The zero-order valence-electron chi connectivity index (χ0n) is 31.0. The summed E-state index contributed by atoms with van der Waals surface area (Å²) in [5.74, 6) is 5.13. The van der Waals surface area contributed by atoms with Gasteiger partial charge in [0, 0.05) is 6.42 Å². The Kier molecular flexibility index (Phi) is 14.2. The minimum Gasteiger partial charge on any atom is -0.462 e. The monoisotopic (exact) mass is 623 g/mol. The second-order valence-electron chi connectivity index (χ2n) is 17.3. The average Bonchev–Trinajstić information content (AvgIpc) is 3.37. The van der Waals surface area contributed by atoms with Crippen LogP contribution in [-0.2, 0) is 9.53 Å². The molecule has 0 saturated heterocycles. The molecule has 0 heterocycles. The van der Waals surface area contributed by atoms with Gasteiger partial charge in [0.2, 0.25) is 0 Å². The smallest absolute Gasteiger partial charge is 0.306 e. The highest BCUT2D eigenvalue weighted by Gasteiger charge is 2.58. The molecule has 4 aliphatic carbocycles. The summed E-state index contributed by atoms with van der Waals surface area (Å²) in [6, 6.07) is 0. The fraction of sp³-hybridized carbons (Fsp3) is 0.884. The quantitative estimate of drug-likeness (QED) is 0.0863. The lowest BCUT2D eigenvalue weighted by molar-refractivity contribution is -0.155. The Balaban J connectivity index is 1.19. The molecule has 0 aromatic carbocycles. The number of hydrogen-bond donors (Lipinski definition) is 0. The number of ether oxygens (including phenoxy) is 1. The number of allylic oxidation sites excluding steroid dienone is 4. The van der Waals surface area contributed by atoms with Gasteiger partial charge in [-0.05, 0) is 110 Å². The van der Waals surface area contributed by atoms with Gasteiger partial charge in [-0.15, -0.1) is 0 Å². The molecule has 2 heteroatoms. The van der Waals surface area contributed by atoms with Gasteiger partial charge in [0.25, 0.3) is 0 Å². The van der Waals surface area contributed by atoms with E-state index in [1.165, 1.54) is 109 Å².